The summed E-state index contributed by atoms with van der Waals surface area (Å²) in [5.41, 5.74) is -5.45. The van der Waals surface area contributed by atoms with Crippen molar-refractivity contribution >= 4 is 0 Å². The van der Waals surface area contributed by atoms with Crippen LogP contribution >= 0.6 is 0 Å². The molecule has 2 rings (SSSR count). The number of ether oxygens (including phenoxy) is 1. The summed E-state index contributed by atoms with van der Waals surface area (Å²) in [5.74, 6) is -4.29. The number of hydrogen-bond acceptors (Lipinski definition) is 5. The van der Waals surface area contributed by atoms with Crippen LogP contribution in [0.5, 0.6) is 0 Å². The van der Waals surface area contributed by atoms with E-state index in [0.29, 0.717) is 12.3 Å². The number of aromatic amines is 1. The van der Waals surface area contributed by atoms with Gasteiger partial charge in [-0.3, -0.25) is 14.3 Å². The molecule has 2 heterocycles. The van der Waals surface area contributed by atoms with Gasteiger partial charge in [-0.05, 0) is 0 Å². The van der Waals surface area contributed by atoms with Gasteiger partial charge in [0.25, 0.3) is 12.0 Å². The van der Waals surface area contributed by atoms with Crippen LogP contribution in [0.2, 0.25) is 0 Å². The molecule has 21 heavy (non-hydrogen) atoms. The molecule has 1 saturated heterocycles. The van der Waals surface area contributed by atoms with Crippen LogP contribution in [0.25, 0.3) is 0 Å². The van der Waals surface area contributed by atoms with E-state index in [0.717, 1.165) is 0 Å². The summed E-state index contributed by atoms with van der Waals surface area (Å²) in [6.45, 7) is -1.59. The van der Waals surface area contributed by atoms with Gasteiger partial charge >= 0.3 is 11.6 Å². The van der Waals surface area contributed by atoms with Crippen molar-refractivity contribution in [3.05, 3.63) is 33.1 Å². The first-order valence-corrected chi connectivity index (χ1v) is 5.61. The topological polar surface area (TPSA) is 105 Å². The van der Waals surface area contributed by atoms with Crippen LogP contribution in [0.4, 0.5) is 17.6 Å². The van der Waals surface area contributed by atoms with Gasteiger partial charge in [0.2, 0.25) is 6.23 Å². The summed E-state index contributed by atoms with van der Waals surface area (Å²) in [4.78, 5) is 24.0. The quantitative estimate of drug-likeness (QED) is 0.625. The van der Waals surface area contributed by atoms with Crippen LogP contribution in [0, 0.1) is 0 Å². The number of nitrogens with one attached hydrogen (secondary N) is 1. The maximum absolute atomic E-state index is 13.9. The maximum atomic E-state index is 13.9. The third kappa shape index (κ3) is 2.17. The highest BCUT2D eigenvalue weighted by Crippen LogP contribution is 2.49. The van der Waals surface area contributed by atoms with Crippen molar-refractivity contribution in [2.24, 2.45) is 0 Å². The highest BCUT2D eigenvalue weighted by atomic mass is 19.3. The number of alkyl halides is 4. The first kappa shape index (κ1) is 15.7. The van der Waals surface area contributed by atoms with E-state index in [1.165, 1.54) is 0 Å². The van der Waals surface area contributed by atoms with Gasteiger partial charge in [0.1, 0.15) is 0 Å². The van der Waals surface area contributed by atoms with Gasteiger partial charge in [-0.1, -0.05) is 0 Å². The molecule has 0 aliphatic carbocycles. The molecule has 7 nitrogen and oxygen atoms in total. The van der Waals surface area contributed by atoms with E-state index in [1.807, 2.05) is 0 Å². The van der Waals surface area contributed by atoms with Crippen molar-refractivity contribution < 1.29 is 32.5 Å². The van der Waals surface area contributed by atoms with E-state index in [9.17, 15) is 32.3 Å². The van der Waals surface area contributed by atoms with E-state index in [-0.39, 0.29) is 4.57 Å². The van der Waals surface area contributed by atoms with Gasteiger partial charge in [0, 0.05) is 12.3 Å². The number of aliphatic hydroxyl groups is 2. The molecule has 1 aliphatic rings. The molecule has 118 valence electrons. The average molecular weight is 314 g/mol. The fourth-order valence-electron chi connectivity index (χ4n) is 2.03. The van der Waals surface area contributed by atoms with Crippen molar-refractivity contribution in [3.8, 4) is 0 Å². The van der Waals surface area contributed by atoms with Gasteiger partial charge in [-0.15, -0.1) is 0 Å². The summed E-state index contributed by atoms with van der Waals surface area (Å²) in [7, 11) is 0. The van der Waals surface area contributed by atoms with Crippen LogP contribution in [-0.2, 0) is 4.74 Å². The molecular weight excluding hydrogens is 304 g/mol. The number of aliphatic hydroxyl groups excluding tert-OH is 2. The summed E-state index contributed by atoms with van der Waals surface area (Å²) < 4.78 is 58.3. The molecule has 0 radical (unpaired) electrons. The third-order valence-electron chi connectivity index (χ3n) is 3.21. The van der Waals surface area contributed by atoms with Gasteiger partial charge in [0.05, 0.1) is 6.61 Å². The van der Waals surface area contributed by atoms with Crippen molar-refractivity contribution in [2.75, 3.05) is 6.61 Å². The number of rotatable bonds is 3. The molecule has 0 saturated carbocycles. The number of H-pyrrole nitrogens is 1. The zero-order valence-corrected chi connectivity index (χ0v) is 10.2. The van der Waals surface area contributed by atoms with Gasteiger partial charge in [-0.25, -0.2) is 13.6 Å². The van der Waals surface area contributed by atoms with Crippen LogP contribution in [0.3, 0.4) is 0 Å². The zero-order valence-electron chi connectivity index (χ0n) is 10.2. The monoisotopic (exact) mass is 314 g/mol. The van der Waals surface area contributed by atoms with Crippen LogP contribution < -0.4 is 11.2 Å². The minimum Gasteiger partial charge on any atom is -0.393 e. The molecule has 3 N–H and O–H groups in total. The Morgan fingerprint density at radius 2 is 2.05 bits per heavy atom. The Labute approximate surface area is 113 Å². The molecule has 0 amide bonds. The molecule has 0 bridgehead atoms. The van der Waals surface area contributed by atoms with Gasteiger partial charge in [-0.2, -0.15) is 8.78 Å². The minimum atomic E-state index is -4.29. The standard InChI is InChI=1S/C10H10F4N2O5/c11-6(12)9(3-17)5(19)10(13,14)7(21-9)16-2-1-4(18)15-8(16)20/h1-2,5-7,17,19H,3H2,(H,15,18,20). The molecule has 3 unspecified atom stereocenters. The molecule has 1 fully saturated rings. The van der Waals surface area contributed by atoms with E-state index in [4.69, 9.17) is 5.11 Å². The lowest BCUT2D eigenvalue weighted by Gasteiger charge is -2.28. The predicted molar refractivity (Wildman–Crippen MR) is 58.2 cm³/mol. The van der Waals surface area contributed by atoms with Crippen LogP contribution in [0.15, 0.2) is 21.9 Å². The molecule has 1 aromatic heterocycles. The highest BCUT2D eigenvalue weighted by Gasteiger charge is 2.70. The summed E-state index contributed by atoms with van der Waals surface area (Å²) in [6.07, 6.45) is -8.66. The molecule has 1 aromatic rings. The fourth-order valence-corrected chi connectivity index (χ4v) is 2.03. The Morgan fingerprint density at radius 1 is 1.43 bits per heavy atom. The van der Waals surface area contributed by atoms with Crippen molar-refractivity contribution in [1.29, 1.82) is 0 Å². The number of hydrogen-bond donors (Lipinski definition) is 3. The summed E-state index contributed by atoms with van der Waals surface area (Å²) in [6, 6.07) is 0.703. The second-order valence-corrected chi connectivity index (χ2v) is 4.48. The molecule has 11 heteroatoms. The maximum Gasteiger partial charge on any atom is 0.330 e. The van der Waals surface area contributed by atoms with E-state index in [2.05, 4.69) is 4.74 Å². The second-order valence-electron chi connectivity index (χ2n) is 4.48. The molecule has 0 aromatic carbocycles. The largest absolute Gasteiger partial charge is 0.393 e. The first-order valence-electron chi connectivity index (χ1n) is 5.61. The Morgan fingerprint density at radius 3 is 2.48 bits per heavy atom. The molecule has 1 aliphatic heterocycles. The first-order chi connectivity index (χ1) is 9.66. The Balaban J connectivity index is 2.55. The lowest BCUT2D eigenvalue weighted by atomic mass is 9.96. The summed E-state index contributed by atoms with van der Waals surface area (Å²) in [5, 5.41) is 18.3. The third-order valence-corrected chi connectivity index (χ3v) is 3.21. The zero-order chi connectivity index (χ0) is 16.0. The normalized spacial score (nSPS) is 31.8. The average Bonchev–Trinajstić information content (AvgIpc) is 2.60. The Kier molecular flexibility index (Phi) is 3.68. The molecule has 0 spiro atoms. The lowest BCUT2D eigenvalue weighted by molar-refractivity contribution is -0.196. The Bertz CT molecular complexity index is 645. The number of nitrogens with zero attached hydrogens (tertiary/aromatic N) is 1. The Hall–Kier alpha value is -1.72. The SMILES string of the molecule is O=c1ccn(C2OC(CO)(C(F)F)C(O)C2(F)F)c(=O)[nH]1. The minimum absolute atomic E-state index is 0.157. The number of halogens is 4. The lowest BCUT2D eigenvalue weighted by Crippen LogP contribution is -2.53. The highest BCUT2D eigenvalue weighted by molar-refractivity contribution is 5.07. The van der Waals surface area contributed by atoms with E-state index < -0.39 is 48.1 Å². The summed E-state index contributed by atoms with van der Waals surface area (Å²) >= 11 is 0. The van der Waals surface area contributed by atoms with Gasteiger partial charge in [0.15, 0.2) is 11.7 Å². The van der Waals surface area contributed by atoms with Crippen molar-refractivity contribution in [1.82, 2.24) is 9.55 Å². The van der Waals surface area contributed by atoms with Crippen LogP contribution in [-0.4, -0.2) is 50.4 Å². The van der Waals surface area contributed by atoms with E-state index >= 15 is 0 Å². The fraction of sp³-hybridized carbons (Fsp3) is 0.600. The molecule has 3 atom stereocenters. The smallest absolute Gasteiger partial charge is 0.330 e. The van der Waals surface area contributed by atoms with Crippen molar-refractivity contribution in [3.63, 3.8) is 0 Å². The van der Waals surface area contributed by atoms with E-state index in [1.54, 1.807) is 4.98 Å². The van der Waals surface area contributed by atoms with Crippen LogP contribution in [0.1, 0.15) is 6.23 Å². The predicted octanol–water partition coefficient (Wildman–Crippen LogP) is -0.942. The van der Waals surface area contributed by atoms with Gasteiger partial charge < -0.3 is 14.9 Å². The second kappa shape index (κ2) is 4.93. The number of aromatic nitrogens is 2. The van der Waals surface area contributed by atoms with Crippen molar-refractivity contribution in [2.45, 2.75) is 30.3 Å². The molecular formula is C10H10F4N2O5.